The predicted octanol–water partition coefficient (Wildman–Crippen LogP) is 4.07. The standard InChI is InChI=1S/C19H17ClN2O4/c1-24-14-9-6-13(7-10-14)8-11-18(23)25-12-17-21-19(26-22-17)15-4-2-3-5-16(15)20/h2-7,9-10H,8,11-12H2,1H3. The van der Waals surface area contributed by atoms with Crippen molar-refractivity contribution in [2.45, 2.75) is 19.4 Å². The molecule has 0 amide bonds. The Morgan fingerprint density at radius 1 is 1.15 bits per heavy atom. The number of hydrogen-bond acceptors (Lipinski definition) is 6. The van der Waals surface area contributed by atoms with E-state index in [1.807, 2.05) is 36.4 Å². The highest BCUT2D eigenvalue weighted by molar-refractivity contribution is 6.33. The molecule has 0 N–H and O–H groups in total. The van der Waals surface area contributed by atoms with Crippen molar-refractivity contribution >= 4 is 17.6 Å². The van der Waals surface area contributed by atoms with E-state index in [1.165, 1.54) is 0 Å². The first-order valence-electron chi connectivity index (χ1n) is 8.02. The van der Waals surface area contributed by atoms with Crippen LogP contribution in [0.4, 0.5) is 0 Å². The summed E-state index contributed by atoms with van der Waals surface area (Å²) in [6, 6.07) is 14.7. The molecular formula is C19H17ClN2O4. The molecule has 3 aromatic rings. The molecule has 1 heterocycles. The van der Waals surface area contributed by atoms with Gasteiger partial charge in [0.15, 0.2) is 6.61 Å². The lowest BCUT2D eigenvalue weighted by molar-refractivity contribution is -0.145. The van der Waals surface area contributed by atoms with Crippen LogP contribution in [0.3, 0.4) is 0 Å². The molecule has 0 fully saturated rings. The van der Waals surface area contributed by atoms with Gasteiger partial charge < -0.3 is 14.0 Å². The highest BCUT2D eigenvalue weighted by Crippen LogP contribution is 2.25. The molecule has 0 unspecified atom stereocenters. The molecule has 2 aromatic carbocycles. The topological polar surface area (TPSA) is 74.5 Å². The minimum Gasteiger partial charge on any atom is -0.497 e. The van der Waals surface area contributed by atoms with E-state index < -0.39 is 0 Å². The molecule has 0 radical (unpaired) electrons. The number of benzene rings is 2. The van der Waals surface area contributed by atoms with Crippen LogP contribution >= 0.6 is 11.6 Å². The van der Waals surface area contributed by atoms with Gasteiger partial charge in [-0.25, -0.2) is 0 Å². The number of carbonyl (C=O) groups excluding carboxylic acids is 1. The van der Waals surface area contributed by atoms with Crippen molar-refractivity contribution in [2.24, 2.45) is 0 Å². The largest absolute Gasteiger partial charge is 0.497 e. The number of methoxy groups -OCH3 is 1. The lowest BCUT2D eigenvalue weighted by Gasteiger charge is -2.04. The zero-order chi connectivity index (χ0) is 18.4. The second kappa shape index (κ2) is 8.49. The molecule has 0 saturated carbocycles. The number of ether oxygens (including phenoxy) is 2. The Hall–Kier alpha value is -2.86. The normalized spacial score (nSPS) is 10.5. The minimum atomic E-state index is -0.329. The summed E-state index contributed by atoms with van der Waals surface area (Å²) in [5.41, 5.74) is 1.67. The smallest absolute Gasteiger partial charge is 0.306 e. The molecule has 0 spiro atoms. The fraction of sp³-hybridized carbons (Fsp3) is 0.211. The van der Waals surface area contributed by atoms with Crippen LogP contribution in [-0.2, 0) is 22.6 Å². The van der Waals surface area contributed by atoms with Crippen LogP contribution in [0, 0.1) is 0 Å². The number of aromatic nitrogens is 2. The Morgan fingerprint density at radius 2 is 1.92 bits per heavy atom. The van der Waals surface area contributed by atoms with Crippen molar-refractivity contribution in [3.8, 4) is 17.2 Å². The number of halogens is 1. The zero-order valence-corrected chi connectivity index (χ0v) is 14.9. The summed E-state index contributed by atoms with van der Waals surface area (Å²) < 4.78 is 15.5. The van der Waals surface area contributed by atoms with Gasteiger partial charge in [-0.05, 0) is 36.2 Å². The summed E-state index contributed by atoms with van der Waals surface area (Å²) in [6.45, 7) is -0.0462. The van der Waals surface area contributed by atoms with Gasteiger partial charge in [-0.2, -0.15) is 4.98 Å². The van der Waals surface area contributed by atoms with Crippen LogP contribution in [-0.4, -0.2) is 23.2 Å². The van der Waals surface area contributed by atoms with E-state index in [9.17, 15) is 4.79 Å². The third-order valence-electron chi connectivity index (χ3n) is 3.71. The van der Waals surface area contributed by atoms with Crippen molar-refractivity contribution in [1.29, 1.82) is 0 Å². The number of nitrogens with zero attached hydrogens (tertiary/aromatic N) is 2. The summed E-state index contributed by atoms with van der Waals surface area (Å²) in [4.78, 5) is 16.1. The van der Waals surface area contributed by atoms with E-state index in [2.05, 4.69) is 10.1 Å². The van der Waals surface area contributed by atoms with Crippen LogP contribution in [0.5, 0.6) is 5.75 Å². The molecule has 134 valence electrons. The second-order valence-corrected chi connectivity index (χ2v) is 5.91. The van der Waals surface area contributed by atoms with Crippen molar-refractivity contribution in [3.63, 3.8) is 0 Å². The van der Waals surface area contributed by atoms with E-state index in [4.69, 9.17) is 25.6 Å². The molecule has 26 heavy (non-hydrogen) atoms. The first-order valence-corrected chi connectivity index (χ1v) is 8.39. The number of rotatable bonds is 7. The van der Waals surface area contributed by atoms with E-state index in [1.54, 1.807) is 19.2 Å². The van der Waals surface area contributed by atoms with Crippen LogP contribution in [0.15, 0.2) is 53.1 Å². The number of esters is 1. The third kappa shape index (κ3) is 4.61. The molecule has 0 bridgehead atoms. The summed E-state index contributed by atoms with van der Waals surface area (Å²) in [7, 11) is 1.61. The van der Waals surface area contributed by atoms with Crippen molar-refractivity contribution in [2.75, 3.05) is 7.11 Å². The SMILES string of the molecule is COc1ccc(CCC(=O)OCc2noc(-c3ccccc3Cl)n2)cc1. The van der Waals surface area contributed by atoms with Gasteiger partial charge in [-0.3, -0.25) is 4.79 Å². The molecule has 0 aliphatic rings. The first kappa shape index (κ1) is 17.9. The Bertz CT molecular complexity index is 877. The van der Waals surface area contributed by atoms with Crippen molar-refractivity contribution < 1.29 is 18.8 Å². The van der Waals surface area contributed by atoms with Crippen molar-refractivity contribution in [3.05, 3.63) is 64.9 Å². The molecule has 0 aliphatic heterocycles. The van der Waals surface area contributed by atoms with Gasteiger partial charge in [0, 0.05) is 6.42 Å². The maximum absolute atomic E-state index is 11.9. The van der Waals surface area contributed by atoms with E-state index in [-0.39, 0.29) is 24.8 Å². The fourth-order valence-electron chi connectivity index (χ4n) is 2.31. The zero-order valence-electron chi connectivity index (χ0n) is 14.1. The van der Waals surface area contributed by atoms with Crippen LogP contribution in [0.1, 0.15) is 17.8 Å². The fourth-order valence-corrected chi connectivity index (χ4v) is 2.53. The summed E-state index contributed by atoms with van der Waals surface area (Å²) in [6.07, 6.45) is 0.849. The molecule has 0 aliphatic carbocycles. The quantitative estimate of drug-likeness (QED) is 0.582. The van der Waals surface area contributed by atoms with E-state index in [0.29, 0.717) is 22.9 Å². The van der Waals surface area contributed by atoms with Gasteiger partial charge in [0.1, 0.15) is 5.75 Å². The van der Waals surface area contributed by atoms with Crippen LogP contribution in [0.25, 0.3) is 11.5 Å². The number of carbonyl (C=O) groups is 1. The Kier molecular flexibility index (Phi) is 5.86. The minimum absolute atomic E-state index is 0.0462. The van der Waals surface area contributed by atoms with Gasteiger partial charge in [-0.15, -0.1) is 0 Å². The Labute approximate surface area is 155 Å². The summed E-state index contributed by atoms with van der Waals surface area (Å²) >= 11 is 6.09. The average Bonchev–Trinajstić information content (AvgIpc) is 3.14. The molecule has 6 nitrogen and oxygen atoms in total. The molecule has 3 rings (SSSR count). The second-order valence-electron chi connectivity index (χ2n) is 5.50. The van der Waals surface area contributed by atoms with Crippen molar-refractivity contribution in [1.82, 2.24) is 10.1 Å². The van der Waals surface area contributed by atoms with Gasteiger partial charge in [0.2, 0.25) is 5.82 Å². The Balaban J connectivity index is 1.49. The van der Waals surface area contributed by atoms with Gasteiger partial charge in [-0.1, -0.05) is 41.0 Å². The molecule has 0 saturated heterocycles. The Morgan fingerprint density at radius 3 is 2.65 bits per heavy atom. The van der Waals surface area contributed by atoms with Gasteiger partial charge in [0.05, 0.1) is 17.7 Å². The van der Waals surface area contributed by atoms with Crippen LogP contribution in [0.2, 0.25) is 5.02 Å². The average molecular weight is 373 g/mol. The first-order chi connectivity index (χ1) is 12.7. The molecule has 0 atom stereocenters. The van der Waals surface area contributed by atoms with Gasteiger partial charge in [0.25, 0.3) is 5.89 Å². The maximum Gasteiger partial charge on any atom is 0.306 e. The van der Waals surface area contributed by atoms with Crippen LogP contribution < -0.4 is 4.74 Å². The summed E-state index contributed by atoms with van der Waals surface area (Å²) in [5, 5.41) is 4.32. The highest BCUT2D eigenvalue weighted by atomic mass is 35.5. The lowest BCUT2D eigenvalue weighted by Crippen LogP contribution is -2.06. The molecule has 7 heteroatoms. The van der Waals surface area contributed by atoms with E-state index >= 15 is 0 Å². The number of hydrogen-bond donors (Lipinski definition) is 0. The highest BCUT2D eigenvalue weighted by Gasteiger charge is 2.13. The van der Waals surface area contributed by atoms with E-state index in [0.717, 1.165) is 11.3 Å². The monoisotopic (exact) mass is 372 g/mol. The molecule has 1 aromatic heterocycles. The lowest BCUT2D eigenvalue weighted by atomic mass is 10.1. The third-order valence-corrected chi connectivity index (χ3v) is 4.04. The molecular weight excluding hydrogens is 356 g/mol. The predicted molar refractivity (Wildman–Crippen MR) is 95.9 cm³/mol. The maximum atomic E-state index is 11.9. The number of aryl methyl sites for hydroxylation is 1. The summed E-state index contributed by atoms with van der Waals surface area (Å²) in [5.74, 6) is 1.03. The van der Waals surface area contributed by atoms with Gasteiger partial charge >= 0.3 is 5.97 Å².